The summed E-state index contributed by atoms with van der Waals surface area (Å²) >= 11 is 0. The van der Waals surface area contributed by atoms with Gasteiger partial charge in [-0.15, -0.1) is 0 Å². The molecule has 344 valence electrons. The third-order valence-corrected chi connectivity index (χ3v) is 9.34. The first-order valence-electron chi connectivity index (χ1n) is 21.5. The van der Waals surface area contributed by atoms with E-state index in [1.54, 1.807) is 0 Å². The van der Waals surface area contributed by atoms with Crippen molar-refractivity contribution in [3.05, 3.63) is 24.5 Å². The van der Waals surface area contributed by atoms with Crippen molar-refractivity contribution in [3.63, 3.8) is 0 Å². The van der Waals surface area contributed by atoms with Crippen molar-refractivity contribution in [1.29, 1.82) is 0 Å². The summed E-state index contributed by atoms with van der Waals surface area (Å²) in [6, 6.07) is 4.00. The lowest BCUT2D eigenvalue weighted by Gasteiger charge is -2.24. The molecule has 60 heavy (non-hydrogen) atoms. The van der Waals surface area contributed by atoms with Gasteiger partial charge in [-0.3, -0.25) is 28.8 Å². The van der Waals surface area contributed by atoms with Crippen molar-refractivity contribution in [3.8, 4) is 0 Å². The second kappa shape index (κ2) is 36.6. The Labute approximate surface area is 356 Å². The molecule has 6 amide bonds. The summed E-state index contributed by atoms with van der Waals surface area (Å²) in [7, 11) is 0. The predicted octanol–water partition coefficient (Wildman–Crippen LogP) is -4.75. The minimum absolute atomic E-state index is 0.131. The van der Waals surface area contributed by atoms with Crippen LogP contribution in [0.3, 0.4) is 0 Å². The number of hydrogen-bond acceptors (Lipinski definition) is 14. The average Bonchev–Trinajstić information content (AvgIpc) is 3.77. The van der Waals surface area contributed by atoms with Crippen LogP contribution in [0.25, 0.3) is 0 Å². The summed E-state index contributed by atoms with van der Waals surface area (Å²) < 4.78 is 2.13. The molecule has 0 radical (unpaired) electrons. The molecule has 0 bridgehead atoms. The van der Waals surface area contributed by atoms with Gasteiger partial charge >= 0.3 is 0 Å². The predicted molar refractivity (Wildman–Crippen MR) is 233 cm³/mol. The third-order valence-electron chi connectivity index (χ3n) is 9.34. The van der Waals surface area contributed by atoms with Gasteiger partial charge in [-0.05, 0) is 25.1 Å². The molecule has 1 heterocycles. The molecule has 0 aliphatic carbocycles. The van der Waals surface area contributed by atoms with E-state index < -0.39 is 0 Å². The maximum atomic E-state index is 13.0. The first kappa shape index (κ1) is 53.8. The molecule has 1 rings (SSSR count). The van der Waals surface area contributed by atoms with Crippen LogP contribution in [0.4, 0.5) is 0 Å². The summed E-state index contributed by atoms with van der Waals surface area (Å²) in [6.07, 6.45) is 6.43. The van der Waals surface area contributed by atoms with Crippen LogP contribution < -0.4 is 60.2 Å². The zero-order valence-electron chi connectivity index (χ0n) is 35.9. The van der Waals surface area contributed by atoms with Crippen LogP contribution in [0.1, 0.15) is 44.9 Å². The summed E-state index contributed by atoms with van der Waals surface area (Å²) in [5.41, 5.74) is 21.9. The fraction of sp³-hybridized carbons (Fsp3) is 0.744. The van der Waals surface area contributed by atoms with E-state index in [-0.39, 0.29) is 74.0 Å². The van der Waals surface area contributed by atoms with Crippen molar-refractivity contribution in [1.82, 2.24) is 56.5 Å². The number of nitrogens with two attached hydrogens (primary N) is 4. The lowest BCUT2D eigenvalue weighted by Crippen LogP contribution is -2.41. The number of hydrogen-bond donors (Lipinski definition) is 11. The first-order valence-corrected chi connectivity index (χ1v) is 21.5. The van der Waals surface area contributed by atoms with Crippen LogP contribution >= 0.6 is 0 Å². The van der Waals surface area contributed by atoms with Crippen molar-refractivity contribution in [2.45, 2.75) is 51.5 Å². The molecule has 21 nitrogen and oxygen atoms in total. The highest BCUT2D eigenvalue weighted by molar-refractivity contribution is 5.78. The maximum absolute atomic E-state index is 13.0. The fourth-order valence-corrected chi connectivity index (χ4v) is 5.92. The molecule has 0 spiro atoms. The molecule has 15 N–H and O–H groups in total. The minimum Gasteiger partial charge on any atom is -0.355 e. The van der Waals surface area contributed by atoms with E-state index in [1.165, 1.54) is 0 Å². The van der Waals surface area contributed by atoms with Crippen LogP contribution in [-0.4, -0.2) is 192 Å². The van der Waals surface area contributed by atoms with Crippen molar-refractivity contribution in [2.75, 3.05) is 137 Å². The van der Waals surface area contributed by atoms with Gasteiger partial charge in [0, 0.05) is 188 Å². The number of carbonyl (C=O) groups excluding carboxylic acids is 6. The molecule has 0 saturated carbocycles. The van der Waals surface area contributed by atoms with Gasteiger partial charge < -0.3 is 79.4 Å². The number of carbonyl (C=O) groups is 6. The van der Waals surface area contributed by atoms with Crippen LogP contribution in [0.15, 0.2) is 24.5 Å². The highest BCUT2D eigenvalue weighted by Crippen LogP contribution is 2.00. The average molecular weight is 852 g/mol. The van der Waals surface area contributed by atoms with Crippen molar-refractivity contribution in [2.24, 2.45) is 22.9 Å². The van der Waals surface area contributed by atoms with Gasteiger partial charge in [0.2, 0.25) is 35.4 Å². The van der Waals surface area contributed by atoms with E-state index in [0.717, 1.165) is 19.5 Å². The normalized spacial score (nSPS) is 11.2. The van der Waals surface area contributed by atoms with E-state index >= 15 is 0 Å². The lowest BCUT2D eigenvalue weighted by atomic mass is 10.2. The summed E-state index contributed by atoms with van der Waals surface area (Å²) in [5, 5.41) is 20.4. The maximum Gasteiger partial charge on any atom is 0.221 e. The monoisotopic (exact) mass is 852 g/mol. The number of rotatable bonds is 39. The van der Waals surface area contributed by atoms with Gasteiger partial charge in [0.1, 0.15) is 0 Å². The van der Waals surface area contributed by atoms with E-state index in [2.05, 4.69) is 46.7 Å². The molecule has 0 fully saturated rings. The number of nitrogens with one attached hydrogen (secondary N) is 7. The van der Waals surface area contributed by atoms with Crippen LogP contribution in [0.5, 0.6) is 0 Å². The molecule has 1 aromatic rings. The molecular formula is C39H77N15O6. The van der Waals surface area contributed by atoms with Crippen molar-refractivity contribution >= 4 is 35.4 Å². The summed E-state index contributed by atoms with van der Waals surface area (Å²) in [5.74, 6) is -0.804. The number of amides is 6. The molecule has 21 heteroatoms. The highest BCUT2D eigenvalue weighted by atomic mass is 16.2. The number of nitrogens with zero attached hydrogens (tertiary/aromatic N) is 4. The second-order valence-corrected chi connectivity index (χ2v) is 14.3. The first-order chi connectivity index (χ1) is 29.1. The van der Waals surface area contributed by atoms with Gasteiger partial charge in [-0.2, -0.15) is 0 Å². The Bertz CT molecular complexity index is 1180. The molecule has 0 aliphatic rings. The highest BCUT2D eigenvalue weighted by Gasteiger charge is 2.15. The van der Waals surface area contributed by atoms with Gasteiger partial charge in [-0.1, -0.05) is 0 Å². The zero-order valence-corrected chi connectivity index (χ0v) is 35.9. The topological polar surface area (TPSA) is 305 Å². The number of aromatic nitrogens is 1. The van der Waals surface area contributed by atoms with Gasteiger partial charge in [0.05, 0.1) is 0 Å². The number of aryl methyl sites for hydroxylation is 1. The van der Waals surface area contributed by atoms with E-state index in [4.69, 9.17) is 22.9 Å². The Morgan fingerprint density at radius 2 is 0.667 bits per heavy atom. The summed E-state index contributed by atoms with van der Waals surface area (Å²) in [4.78, 5) is 80.8. The Balaban J connectivity index is 2.70. The summed E-state index contributed by atoms with van der Waals surface area (Å²) in [6.45, 7) is 10.2. The second-order valence-electron chi connectivity index (χ2n) is 14.3. The standard InChI is InChI=1S/C39H77N15O6/c40-10-15-45-34(55)4-27-53(28-5-35(56)46-16-11-41)32-20-49-38(59)8-25-52(31-19-44-14-3-24-51-22-1-2-23-51)26-9-39(60)50-21-33-54(29-6-36(57)47-17-12-42)30-7-37(58)48-18-13-43/h1-2,22-23,44H,3-21,24-33,40-43H2,(H,45,55)(H,46,56)(H,47,57)(H,48,58)(H,49,59)(H,50,60). The Kier molecular flexibility index (Phi) is 32.8. The molecule has 0 atom stereocenters. The SMILES string of the molecule is NCCNC(=O)CCN(CCNC(=O)CCN(CCNCCCn1cccc1)CCC(=O)NCCN(CCC(=O)NCCN)CCC(=O)NCCN)CCC(=O)NCCN. The van der Waals surface area contributed by atoms with Crippen LogP contribution in [0, 0.1) is 0 Å². The molecule has 1 aromatic heterocycles. The molecular weight excluding hydrogens is 775 g/mol. The van der Waals surface area contributed by atoms with Gasteiger partial charge in [-0.25, -0.2) is 0 Å². The molecule has 0 saturated heterocycles. The zero-order chi connectivity index (χ0) is 44.1. The smallest absolute Gasteiger partial charge is 0.221 e. The molecule has 0 aromatic carbocycles. The van der Waals surface area contributed by atoms with Gasteiger partial charge in [0.15, 0.2) is 0 Å². The fourth-order valence-electron chi connectivity index (χ4n) is 5.92. The Hall–Kier alpha value is -4.22. The Morgan fingerprint density at radius 3 is 0.967 bits per heavy atom. The van der Waals surface area contributed by atoms with E-state index in [0.29, 0.717) is 131 Å². The van der Waals surface area contributed by atoms with Crippen LogP contribution in [0.2, 0.25) is 0 Å². The molecule has 0 unspecified atom stereocenters. The van der Waals surface area contributed by atoms with E-state index in [1.807, 2.05) is 34.3 Å². The Morgan fingerprint density at radius 1 is 0.383 bits per heavy atom. The molecule has 0 aliphatic heterocycles. The quantitative estimate of drug-likeness (QED) is 0.0278. The lowest BCUT2D eigenvalue weighted by molar-refractivity contribution is -0.123. The van der Waals surface area contributed by atoms with Crippen molar-refractivity contribution < 1.29 is 28.8 Å². The van der Waals surface area contributed by atoms with Crippen LogP contribution in [-0.2, 0) is 35.3 Å². The minimum atomic E-state index is -0.140. The third kappa shape index (κ3) is 30.8. The van der Waals surface area contributed by atoms with E-state index in [9.17, 15) is 28.8 Å². The van der Waals surface area contributed by atoms with Gasteiger partial charge in [0.25, 0.3) is 0 Å². The largest absolute Gasteiger partial charge is 0.355 e.